The van der Waals surface area contributed by atoms with Gasteiger partial charge in [0.05, 0.1) is 16.3 Å². The first kappa shape index (κ1) is 15.1. The van der Waals surface area contributed by atoms with Gasteiger partial charge in [-0.2, -0.15) is 23.0 Å². The summed E-state index contributed by atoms with van der Waals surface area (Å²) < 4.78 is 40.0. The van der Waals surface area contributed by atoms with Gasteiger partial charge in [0.1, 0.15) is 5.82 Å². The highest BCUT2D eigenvalue weighted by Crippen LogP contribution is 2.39. The lowest BCUT2D eigenvalue weighted by Gasteiger charge is -2.10. The van der Waals surface area contributed by atoms with E-state index in [1.54, 1.807) is 0 Å². The Hall–Kier alpha value is -1.80. The van der Waals surface area contributed by atoms with Crippen molar-refractivity contribution in [2.75, 3.05) is 11.9 Å². The lowest BCUT2D eigenvalue weighted by atomic mass is 10.0. The maximum absolute atomic E-state index is 12.9. The van der Waals surface area contributed by atoms with E-state index in [1.807, 2.05) is 0 Å². The molecule has 0 unspecified atom stereocenters. The van der Waals surface area contributed by atoms with Crippen molar-refractivity contribution < 1.29 is 13.2 Å². The number of hydrogen-bond acceptors (Lipinski definition) is 3. The number of nitrogens with two attached hydrogens (primary N) is 1. The Balaban J connectivity index is 2.20. The fourth-order valence-corrected chi connectivity index (χ4v) is 2.77. The second-order valence-corrected chi connectivity index (χ2v) is 5.62. The molecule has 1 aromatic heterocycles. The minimum Gasteiger partial charge on any atom is -0.374 e. The summed E-state index contributed by atoms with van der Waals surface area (Å²) in [7, 11) is 0. The van der Waals surface area contributed by atoms with Crippen molar-refractivity contribution in [2.45, 2.75) is 12.6 Å². The van der Waals surface area contributed by atoms with Crippen LogP contribution in [0.25, 0.3) is 11.3 Å². The van der Waals surface area contributed by atoms with E-state index in [1.165, 1.54) is 10.7 Å². The molecular formula is C13H10ClF3N4S. The van der Waals surface area contributed by atoms with Crippen molar-refractivity contribution in [2.24, 2.45) is 5.73 Å². The van der Waals surface area contributed by atoms with Crippen molar-refractivity contribution >= 4 is 34.7 Å². The van der Waals surface area contributed by atoms with Gasteiger partial charge in [-0.05, 0) is 36.8 Å². The highest BCUT2D eigenvalue weighted by atomic mass is 35.5. The minimum atomic E-state index is -4.45. The molecule has 1 aliphatic rings. The molecule has 0 fully saturated rings. The molecule has 1 aliphatic heterocycles. The van der Waals surface area contributed by atoms with Gasteiger partial charge < -0.3 is 11.1 Å². The maximum atomic E-state index is 12.9. The SMILES string of the molecule is NC(=S)n1nc(-c2cc(C(F)(F)F)ccc2Cl)c2c1NCC2. The third-order valence-corrected chi connectivity index (χ3v) is 3.91. The zero-order valence-electron chi connectivity index (χ0n) is 11.0. The van der Waals surface area contributed by atoms with Gasteiger partial charge in [-0.3, -0.25) is 0 Å². The lowest BCUT2D eigenvalue weighted by molar-refractivity contribution is -0.137. The van der Waals surface area contributed by atoms with E-state index in [0.29, 0.717) is 24.5 Å². The van der Waals surface area contributed by atoms with E-state index in [4.69, 9.17) is 29.6 Å². The molecule has 3 rings (SSSR count). The summed E-state index contributed by atoms with van der Waals surface area (Å²) >= 11 is 11.0. The number of nitrogens with zero attached hydrogens (tertiary/aromatic N) is 2. The molecule has 0 bridgehead atoms. The minimum absolute atomic E-state index is 0.0139. The van der Waals surface area contributed by atoms with E-state index >= 15 is 0 Å². The van der Waals surface area contributed by atoms with E-state index in [-0.39, 0.29) is 15.7 Å². The summed E-state index contributed by atoms with van der Waals surface area (Å²) in [5.74, 6) is 0.607. The number of anilines is 1. The van der Waals surface area contributed by atoms with Crippen molar-refractivity contribution in [3.05, 3.63) is 34.3 Å². The molecule has 4 nitrogen and oxygen atoms in total. The van der Waals surface area contributed by atoms with Gasteiger partial charge in [0, 0.05) is 17.7 Å². The third kappa shape index (κ3) is 2.42. The molecule has 0 spiro atoms. The van der Waals surface area contributed by atoms with Crippen molar-refractivity contribution in [1.29, 1.82) is 0 Å². The summed E-state index contributed by atoms with van der Waals surface area (Å²) in [6.45, 7) is 0.638. The molecular weight excluding hydrogens is 337 g/mol. The Bertz CT molecular complexity index is 769. The third-order valence-electron chi connectivity index (χ3n) is 3.41. The van der Waals surface area contributed by atoms with Crippen LogP contribution in [0.3, 0.4) is 0 Å². The zero-order valence-corrected chi connectivity index (χ0v) is 12.6. The monoisotopic (exact) mass is 346 g/mol. The van der Waals surface area contributed by atoms with Gasteiger partial charge in [0.15, 0.2) is 5.11 Å². The Morgan fingerprint density at radius 2 is 2.14 bits per heavy atom. The molecule has 0 amide bonds. The summed E-state index contributed by atoms with van der Waals surface area (Å²) in [6, 6.07) is 3.15. The highest BCUT2D eigenvalue weighted by molar-refractivity contribution is 7.80. The Morgan fingerprint density at radius 3 is 2.77 bits per heavy atom. The van der Waals surface area contributed by atoms with Gasteiger partial charge in [-0.1, -0.05) is 11.6 Å². The molecule has 116 valence electrons. The van der Waals surface area contributed by atoms with Gasteiger partial charge in [-0.25, -0.2) is 0 Å². The van der Waals surface area contributed by atoms with Crippen LogP contribution in [0.1, 0.15) is 11.1 Å². The molecule has 2 heterocycles. The molecule has 0 saturated carbocycles. The van der Waals surface area contributed by atoms with E-state index < -0.39 is 11.7 Å². The second kappa shape index (κ2) is 5.13. The zero-order chi connectivity index (χ0) is 16.1. The summed E-state index contributed by atoms with van der Waals surface area (Å²) in [5.41, 5.74) is 6.15. The van der Waals surface area contributed by atoms with E-state index in [0.717, 1.165) is 17.7 Å². The molecule has 0 aliphatic carbocycles. The van der Waals surface area contributed by atoms with Gasteiger partial charge in [0.25, 0.3) is 0 Å². The van der Waals surface area contributed by atoms with E-state index in [9.17, 15) is 13.2 Å². The average Bonchev–Trinajstić information content (AvgIpc) is 2.99. The maximum Gasteiger partial charge on any atom is 0.416 e. The number of fused-ring (bicyclic) bond motifs is 1. The predicted molar refractivity (Wildman–Crippen MR) is 82.1 cm³/mol. The van der Waals surface area contributed by atoms with Crippen LogP contribution in [0.5, 0.6) is 0 Å². The Labute approximate surface area is 134 Å². The van der Waals surface area contributed by atoms with Crippen LogP contribution in [-0.2, 0) is 12.6 Å². The molecule has 0 saturated heterocycles. The molecule has 9 heteroatoms. The number of alkyl halides is 3. The highest BCUT2D eigenvalue weighted by Gasteiger charge is 2.32. The van der Waals surface area contributed by atoms with Crippen LogP contribution in [0.2, 0.25) is 5.02 Å². The van der Waals surface area contributed by atoms with Crippen molar-refractivity contribution in [1.82, 2.24) is 9.78 Å². The topological polar surface area (TPSA) is 55.9 Å². The van der Waals surface area contributed by atoms with Crippen LogP contribution in [0, 0.1) is 0 Å². The van der Waals surface area contributed by atoms with Crippen LogP contribution < -0.4 is 11.1 Å². The number of thiocarbonyl (C=S) groups is 1. The van der Waals surface area contributed by atoms with Crippen molar-refractivity contribution in [3.8, 4) is 11.3 Å². The van der Waals surface area contributed by atoms with Gasteiger partial charge >= 0.3 is 6.18 Å². The number of benzene rings is 1. The predicted octanol–water partition coefficient (Wildman–Crippen LogP) is 3.28. The number of nitrogens with one attached hydrogen (secondary N) is 1. The summed E-state index contributed by atoms with van der Waals surface area (Å²) in [5, 5.41) is 7.50. The number of hydrogen-bond donors (Lipinski definition) is 2. The standard InChI is InChI=1S/C13H10ClF3N4S/c14-9-2-1-6(13(15,16)17)5-8(9)10-7-3-4-19-11(7)21(20-10)12(18)22/h1-2,5,19H,3-4H2,(H2,18,22). The largest absolute Gasteiger partial charge is 0.416 e. The van der Waals surface area contributed by atoms with Gasteiger partial charge in [0.2, 0.25) is 0 Å². The van der Waals surface area contributed by atoms with Crippen LogP contribution in [0.4, 0.5) is 19.0 Å². The summed E-state index contributed by atoms with van der Waals surface area (Å²) in [4.78, 5) is 0. The summed E-state index contributed by atoms with van der Waals surface area (Å²) in [6.07, 6.45) is -3.84. The normalized spacial score (nSPS) is 13.8. The lowest BCUT2D eigenvalue weighted by Crippen LogP contribution is -2.22. The fraction of sp³-hybridized carbons (Fsp3) is 0.231. The first-order valence-corrected chi connectivity index (χ1v) is 7.10. The quantitative estimate of drug-likeness (QED) is 0.778. The smallest absolute Gasteiger partial charge is 0.374 e. The molecule has 0 atom stereocenters. The average molecular weight is 347 g/mol. The number of aromatic nitrogens is 2. The fourth-order valence-electron chi connectivity index (χ4n) is 2.43. The van der Waals surface area contributed by atoms with E-state index in [2.05, 4.69) is 10.4 Å². The first-order chi connectivity index (χ1) is 10.3. The van der Waals surface area contributed by atoms with Gasteiger partial charge in [-0.15, -0.1) is 0 Å². The Kier molecular flexibility index (Phi) is 3.53. The number of rotatable bonds is 1. The second-order valence-electron chi connectivity index (χ2n) is 4.79. The van der Waals surface area contributed by atoms with Crippen LogP contribution in [-0.4, -0.2) is 21.4 Å². The van der Waals surface area contributed by atoms with Crippen LogP contribution in [0.15, 0.2) is 18.2 Å². The van der Waals surface area contributed by atoms with Crippen LogP contribution >= 0.6 is 23.8 Å². The molecule has 0 radical (unpaired) electrons. The molecule has 2 aromatic rings. The van der Waals surface area contributed by atoms with Crippen molar-refractivity contribution in [3.63, 3.8) is 0 Å². The first-order valence-electron chi connectivity index (χ1n) is 6.31. The molecule has 22 heavy (non-hydrogen) atoms. The molecule has 1 aromatic carbocycles. The Morgan fingerprint density at radius 1 is 1.41 bits per heavy atom. The molecule has 3 N–H and O–H groups in total. The number of halogens is 4.